The third-order valence-corrected chi connectivity index (χ3v) is 4.35. The molecule has 29 heavy (non-hydrogen) atoms. The van der Waals surface area contributed by atoms with Gasteiger partial charge in [0.1, 0.15) is 23.0 Å². The van der Waals surface area contributed by atoms with E-state index < -0.39 is 0 Å². The Morgan fingerprint density at radius 1 is 0.931 bits per heavy atom. The molecular formula is C22H24N4O3. The van der Waals surface area contributed by atoms with Crippen molar-refractivity contribution in [3.63, 3.8) is 0 Å². The molecule has 0 aliphatic carbocycles. The second-order valence-electron chi connectivity index (χ2n) is 6.35. The summed E-state index contributed by atoms with van der Waals surface area (Å²) in [4.78, 5) is 20.7. The predicted octanol–water partition coefficient (Wildman–Crippen LogP) is 3.08. The van der Waals surface area contributed by atoms with Crippen molar-refractivity contribution < 1.29 is 14.3 Å². The van der Waals surface area contributed by atoms with E-state index in [1.807, 2.05) is 48.5 Å². The number of ether oxygens (including phenoxy) is 2. The van der Waals surface area contributed by atoms with Crippen LogP contribution in [0.5, 0.6) is 11.5 Å². The molecule has 0 spiro atoms. The van der Waals surface area contributed by atoms with Gasteiger partial charge in [-0.05, 0) is 41.8 Å². The smallest absolute Gasteiger partial charge is 0.271 e. The number of nitrogens with zero attached hydrogens (tertiary/aromatic N) is 2. The molecule has 3 aromatic rings. The van der Waals surface area contributed by atoms with Crippen LogP contribution in [0.25, 0.3) is 0 Å². The van der Waals surface area contributed by atoms with Gasteiger partial charge in [0.2, 0.25) is 0 Å². The van der Waals surface area contributed by atoms with Crippen molar-refractivity contribution in [1.82, 2.24) is 15.3 Å². The van der Waals surface area contributed by atoms with Gasteiger partial charge in [-0.2, -0.15) is 0 Å². The number of carbonyl (C=O) groups excluding carboxylic acids is 1. The van der Waals surface area contributed by atoms with Crippen molar-refractivity contribution in [2.45, 2.75) is 13.0 Å². The normalized spacial score (nSPS) is 10.3. The lowest BCUT2D eigenvalue weighted by atomic mass is 10.1. The predicted molar refractivity (Wildman–Crippen MR) is 111 cm³/mol. The minimum Gasteiger partial charge on any atom is -0.497 e. The number of anilines is 1. The highest BCUT2D eigenvalue weighted by molar-refractivity contribution is 5.91. The van der Waals surface area contributed by atoms with E-state index in [0.29, 0.717) is 18.9 Å². The van der Waals surface area contributed by atoms with Crippen LogP contribution in [-0.2, 0) is 13.0 Å². The molecule has 7 heteroatoms. The maximum Gasteiger partial charge on any atom is 0.271 e. The first-order chi connectivity index (χ1) is 14.2. The van der Waals surface area contributed by atoms with Gasteiger partial charge in [-0.25, -0.2) is 9.97 Å². The Balaban J connectivity index is 1.46. The minimum absolute atomic E-state index is 0.267. The van der Waals surface area contributed by atoms with Gasteiger partial charge in [0.15, 0.2) is 0 Å². The molecule has 2 N–H and O–H groups in total. The van der Waals surface area contributed by atoms with Crippen LogP contribution in [0.1, 0.15) is 21.6 Å². The van der Waals surface area contributed by atoms with Crippen molar-refractivity contribution in [2.75, 3.05) is 26.1 Å². The van der Waals surface area contributed by atoms with Crippen LogP contribution in [0, 0.1) is 0 Å². The average Bonchev–Trinajstić information content (AvgIpc) is 2.78. The molecule has 0 saturated heterocycles. The maximum absolute atomic E-state index is 12.2. The first-order valence-electron chi connectivity index (χ1n) is 9.28. The number of amides is 1. The molecule has 0 unspecified atom stereocenters. The second-order valence-corrected chi connectivity index (χ2v) is 6.35. The Labute approximate surface area is 170 Å². The SMILES string of the molecule is COc1ccc(CNC(=O)c2cnc(NCCc3cccc(OC)c3)cn2)cc1. The average molecular weight is 392 g/mol. The molecule has 1 heterocycles. The summed E-state index contributed by atoms with van der Waals surface area (Å²) in [6, 6.07) is 15.4. The molecule has 150 valence electrons. The van der Waals surface area contributed by atoms with Crippen LogP contribution in [-0.4, -0.2) is 36.6 Å². The highest BCUT2D eigenvalue weighted by atomic mass is 16.5. The number of methoxy groups -OCH3 is 2. The molecule has 1 amide bonds. The summed E-state index contributed by atoms with van der Waals surface area (Å²) in [5.41, 5.74) is 2.42. The largest absolute Gasteiger partial charge is 0.497 e. The van der Waals surface area contributed by atoms with Crippen molar-refractivity contribution in [3.05, 3.63) is 77.7 Å². The third kappa shape index (κ3) is 5.93. The highest BCUT2D eigenvalue weighted by Crippen LogP contribution is 2.13. The molecule has 0 aliphatic heterocycles. The molecule has 1 aromatic heterocycles. The Morgan fingerprint density at radius 3 is 2.41 bits per heavy atom. The zero-order valence-electron chi connectivity index (χ0n) is 16.5. The van der Waals surface area contributed by atoms with Crippen LogP contribution in [0.15, 0.2) is 60.9 Å². The molecule has 0 atom stereocenters. The summed E-state index contributed by atoms with van der Waals surface area (Å²) >= 11 is 0. The molecule has 7 nitrogen and oxygen atoms in total. The van der Waals surface area contributed by atoms with Crippen molar-refractivity contribution in [1.29, 1.82) is 0 Å². The molecule has 0 saturated carbocycles. The fourth-order valence-electron chi connectivity index (χ4n) is 2.72. The van der Waals surface area contributed by atoms with E-state index in [4.69, 9.17) is 9.47 Å². The highest BCUT2D eigenvalue weighted by Gasteiger charge is 2.08. The molecule has 2 aromatic carbocycles. The Morgan fingerprint density at radius 2 is 1.72 bits per heavy atom. The van der Waals surface area contributed by atoms with Gasteiger partial charge in [0.25, 0.3) is 5.91 Å². The van der Waals surface area contributed by atoms with Crippen molar-refractivity contribution >= 4 is 11.7 Å². The van der Waals surface area contributed by atoms with Gasteiger partial charge < -0.3 is 20.1 Å². The lowest BCUT2D eigenvalue weighted by Gasteiger charge is -2.08. The quantitative estimate of drug-likeness (QED) is 0.582. The Hall–Kier alpha value is -3.61. The molecule has 0 bridgehead atoms. The van der Waals surface area contributed by atoms with E-state index in [0.717, 1.165) is 23.5 Å². The van der Waals surface area contributed by atoms with Gasteiger partial charge in [0.05, 0.1) is 26.6 Å². The number of hydrogen-bond donors (Lipinski definition) is 2. The lowest BCUT2D eigenvalue weighted by molar-refractivity contribution is 0.0945. The van der Waals surface area contributed by atoms with Gasteiger partial charge >= 0.3 is 0 Å². The summed E-state index contributed by atoms with van der Waals surface area (Å²) in [7, 11) is 3.27. The molecule has 3 rings (SSSR count). The number of nitrogens with one attached hydrogen (secondary N) is 2. The van der Waals surface area contributed by atoms with Crippen LogP contribution in [0.2, 0.25) is 0 Å². The summed E-state index contributed by atoms with van der Waals surface area (Å²) in [5, 5.41) is 6.04. The Bertz CT molecular complexity index is 928. The zero-order valence-corrected chi connectivity index (χ0v) is 16.5. The number of rotatable bonds is 9. The van der Waals surface area contributed by atoms with E-state index in [2.05, 4.69) is 20.6 Å². The van der Waals surface area contributed by atoms with Gasteiger partial charge in [-0.15, -0.1) is 0 Å². The number of aromatic nitrogens is 2. The summed E-state index contributed by atoms with van der Waals surface area (Å²) in [6.07, 6.45) is 3.86. The summed E-state index contributed by atoms with van der Waals surface area (Å²) in [5.74, 6) is 1.98. The molecule has 0 aliphatic rings. The first-order valence-corrected chi connectivity index (χ1v) is 9.28. The van der Waals surface area contributed by atoms with Crippen LogP contribution in [0.4, 0.5) is 5.82 Å². The van der Waals surface area contributed by atoms with Crippen LogP contribution in [0.3, 0.4) is 0 Å². The number of carbonyl (C=O) groups is 1. The summed E-state index contributed by atoms with van der Waals surface area (Å²) in [6.45, 7) is 1.11. The molecular weight excluding hydrogens is 368 g/mol. The fraction of sp³-hybridized carbons (Fsp3) is 0.227. The number of hydrogen-bond acceptors (Lipinski definition) is 6. The minimum atomic E-state index is -0.267. The van der Waals surface area contributed by atoms with Gasteiger partial charge in [-0.1, -0.05) is 24.3 Å². The Kier molecular flexibility index (Phi) is 7.00. The topological polar surface area (TPSA) is 85.4 Å². The van der Waals surface area contributed by atoms with E-state index >= 15 is 0 Å². The van der Waals surface area contributed by atoms with E-state index in [9.17, 15) is 4.79 Å². The fourth-order valence-corrected chi connectivity index (χ4v) is 2.72. The summed E-state index contributed by atoms with van der Waals surface area (Å²) < 4.78 is 10.3. The van der Waals surface area contributed by atoms with E-state index in [1.165, 1.54) is 11.8 Å². The second kappa shape index (κ2) is 10.1. The maximum atomic E-state index is 12.2. The van der Waals surface area contributed by atoms with Crippen LogP contribution < -0.4 is 20.1 Å². The van der Waals surface area contributed by atoms with E-state index in [-0.39, 0.29) is 11.6 Å². The monoisotopic (exact) mass is 392 g/mol. The van der Waals surface area contributed by atoms with Crippen molar-refractivity contribution in [2.24, 2.45) is 0 Å². The third-order valence-electron chi connectivity index (χ3n) is 4.35. The molecule has 0 fully saturated rings. The van der Waals surface area contributed by atoms with Crippen molar-refractivity contribution in [3.8, 4) is 11.5 Å². The first kappa shape index (κ1) is 20.1. The van der Waals surface area contributed by atoms with Gasteiger partial charge in [-0.3, -0.25) is 4.79 Å². The number of benzene rings is 2. The standard InChI is InChI=1S/C22H24N4O3/c1-28-18-8-6-17(7-9-18)13-26-22(27)20-14-25-21(15-24-20)23-11-10-16-4-3-5-19(12-16)29-2/h3-9,12,14-15H,10-11,13H2,1-2H3,(H,23,25)(H,26,27). The van der Waals surface area contributed by atoms with E-state index in [1.54, 1.807) is 20.4 Å². The lowest BCUT2D eigenvalue weighted by Crippen LogP contribution is -2.24. The van der Waals surface area contributed by atoms with Gasteiger partial charge in [0, 0.05) is 13.1 Å². The molecule has 0 radical (unpaired) electrons. The zero-order chi connectivity index (χ0) is 20.5. The van der Waals surface area contributed by atoms with Crippen LogP contribution >= 0.6 is 0 Å².